The van der Waals surface area contributed by atoms with E-state index >= 15 is 0 Å². The fourth-order valence-corrected chi connectivity index (χ4v) is 7.41. The van der Waals surface area contributed by atoms with Gasteiger partial charge in [0.25, 0.3) is 5.69 Å². The van der Waals surface area contributed by atoms with Crippen molar-refractivity contribution in [3.63, 3.8) is 0 Å². The molecule has 4 atom stereocenters. The molecule has 9 nitrogen and oxygen atoms in total. The van der Waals surface area contributed by atoms with Gasteiger partial charge in [-0.15, -0.1) is 11.8 Å². The van der Waals surface area contributed by atoms with Crippen LogP contribution in [-0.4, -0.2) is 51.3 Å². The summed E-state index contributed by atoms with van der Waals surface area (Å²) in [6, 6.07) is 15.1. The summed E-state index contributed by atoms with van der Waals surface area (Å²) in [5.74, 6) is 0.0614. The Labute approximate surface area is 211 Å². The molecule has 3 aliphatic rings. The summed E-state index contributed by atoms with van der Waals surface area (Å²) >= 11 is 1.69. The van der Waals surface area contributed by atoms with Crippen LogP contribution in [0.1, 0.15) is 27.4 Å². The number of non-ortho nitro benzene ring substituents is 1. The first kappa shape index (κ1) is 22.7. The minimum atomic E-state index is -1.29. The van der Waals surface area contributed by atoms with Gasteiger partial charge in [-0.25, -0.2) is 0 Å². The normalized spacial score (nSPS) is 26.5. The number of carbonyl (C=O) groups excluding carboxylic acids is 2. The van der Waals surface area contributed by atoms with Crippen molar-refractivity contribution in [3.05, 3.63) is 93.8 Å². The van der Waals surface area contributed by atoms with Gasteiger partial charge in [-0.05, 0) is 35.9 Å². The number of pyridine rings is 1. The van der Waals surface area contributed by atoms with E-state index < -0.39 is 22.3 Å². The van der Waals surface area contributed by atoms with E-state index in [0.717, 1.165) is 0 Å². The first-order chi connectivity index (χ1) is 17.5. The summed E-state index contributed by atoms with van der Waals surface area (Å²) in [4.78, 5) is 45.8. The Kier molecular flexibility index (Phi) is 5.31. The van der Waals surface area contributed by atoms with Gasteiger partial charge in [0.1, 0.15) is 11.3 Å². The van der Waals surface area contributed by atoms with Crippen LogP contribution in [0.5, 0.6) is 5.75 Å². The number of ketones is 1. The van der Waals surface area contributed by atoms with E-state index in [9.17, 15) is 19.7 Å². The standard InChI is InChI=1S/C26H22N4O5S/c1-35-18-7-8-20-19(11-18)26(25(32)28-20)23(24(31)16-5-3-9-27-12-16)22(21-13-36-14-29(21)26)15-4-2-6-17(10-15)30(33)34/h2-12,21-23H,13-14H2,1H3,(H,28,32)/t21-,22+,23-,26+/m0/s1. The van der Waals surface area contributed by atoms with Gasteiger partial charge in [0, 0.05) is 64.9 Å². The molecule has 2 aromatic carbocycles. The molecule has 36 heavy (non-hydrogen) atoms. The molecule has 0 unspecified atom stereocenters. The molecule has 6 rings (SSSR count). The van der Waals surface area contributed by atoms with Crippen LogP contribution in [0.4, 0.5) is 11.4 Å². The number of amides is 1. The van der Waals surface area contributed by atoms with E-state index in [4.69, 9.17) is 4.74 Å². The van der Waals surface area contributed by atoms with Crippen LogP contribution in [0, 0.1) is 16.0 Å². The molecule has 3 aromatic rings. The maximum absolute atomic E-state index is 14.3. The van der Waals surface area contributed by atoms with Gasteiger partial charge in [-0.2, -0.15) is 0 Å². The zero-order valence-corrected chi connectivity index (χ0v) is 20.1. The maximum atomic E-state index is 14.3. The van der Waals surface area contributed by atoms with Crippen molar-refractivity contribution in [2.75, 3.05) is 24.1 Å². The monoisotopic (exact) mass is 502 g/mol. The van der Waals surface area contributed by atoms with Crippen LogP contribution in [0.25, 0.3) is 0 Å². The average molecular weight is 503 g/mol. The highest BCUT2D eigenvalue weighted by atomic mass is 32.2. The molecule has 2 saturated heterocycles. The van der Waals surface area contributed by atoms with Gasteiger partial charge in [-0.3, -0.25) is 29.6 Å². The number of hydrogen-bond acceptors (Lipinski definition) is 8. The fraction of sp³-hybridized carbons (Fsp3) is 0.269. The summed E-state index contributed by atoms with van der Waals surface area (Å²) in [7, 11) is 1.56. The number of Topliss-reactive ketones (excluding diaryl/α,β-unsaturated/α-hetero) is 1. The molecule has 0 saturated carbocycles. The number of carbonyl (C=O) groups is 2. The summed E-state index contributed by atoms with van der Waals surface area (Å²) < 4.78 is 5.49. The van der Waals surface area contributed by atoms with E-state index in [1.54, 1.807) is 55.4 Å². The smallest absolute Gasteiger partial charge is 0.269 e. The quantitative estimate of drug-likeness (QED) is 0.318. The third kappa shape index (κ3) is 3.11. The molecule has 2 fully saturated rings. The molecule has 1 amide bonds. The van der Waals surface area contributed by atoms with Gasteiger partial charge < -0.3 is 10.1 Å². The minimum absolute atomic E-state index is 0.0452. The number of benzene rings is 2. The lowest BCUT2D eigenvalue weighted by Crippen LogP contribution is -2.52. The molecule has 10 heteroatoms. The summed E-state index contributed by atoms with van der Waals surface area (Å²) in [6.07, 6.45) is 3.11. The Hall–Kier alpha value is -3.76. The van der Waals surface area contributed by atoms with Crippen LogP contribution >= 0.6 is 11.8 Å². The molecule has 182 valence electrons. The number of hydrogen-bond donors (Lipinski definition) is 1. The highest BCUT2D eigenvalue weighted by Crippen LogP contribution is 2.61. The highest BCUT2D eigenvalue weighted by molar-refractivity contribution is 7.99. The minimum Gasteiger partial charge on any atom is -0.497 e. The summed E-state index contributed by atoms with van der Waals surface area (Å²) in [6.45, 7) is 0. The van der Waals surface area contributed by atoms with Crippen LogP contribution in [0.2, 0.25) is 0 Å². The molecular weight excluding hydrogens is 480 g/mol. The molecular formula is C26H22N4O5S. The molecule has 4 heterocycles. The Morgan fingerprint density at radius 2 is 2.11 bits per heavy atom. The van der Waals surface area contributed by atoms with Crippen molar-refractivity contribution in [1.29, 1.82) is 0 Å². The molecule has 3 aliphatic heterocycles. The number of fused-ring (bicyclic) bond motifs is 4. The SMILES string of the molecule is COc1ccc2c(c1)[C@]1(C(=O)N2)[C@H](C(=O)c2cccnc2)[C@H](c2cccc([N+](=O)[O-])c2)[C@@H]2CSCN21. The summed E-state index contributed by atoms with van der Waals surface area (Å²) in [5, 5.41) is 14.6. The average Bonchev–Trinajstić information content (AvgIpc) is 3.57. The zero-order chi connectivity index (χ0) is 25.0. The van der Waals surface area contributed by atoms with Crippen LogP contribution in [-0.2, 0) is 10.3 Å². The number of methoxy groups -OCH3 is 1. The Balaban J connectivity index is 1.63. The van der Waals surface area contributed by atoms with Crippen molar-refractivity contribution in [2.45, 2.75) is 17.5 Å². The van der Waals surface area contributed by atoms with Gasteiger partial charge in [0.15, 0.2) is 5.78 Å². The number of anilines is 1. The predicted octanol–water partition coefficient (Wildman–Crippen LogP) is 3.82. The van der Waals surface area contributed by atoms with Crippen molar-refractivity contribution in [3.8, 4) is 5.75 Å². The Bertz CT molecular complexity index is 1400. The van der Waals surface area contributed by atoms with E-state index in [0.29, 0.717) is 39.8 Å². The first-order valence-corrected chi connectivity index (χ1v) is 12.7. The van der Waals surface area contributed by atoms with Crippen molar-refractivity contribution < 1.29 is 19.2 Å². The lowest BCUT2D eigenvalue weighted by Gasteiger charge is -2.36. The number of nitro groups is 1. The fourth-order valence-electron chi connectivity index (χ4n) is 6.09. The highest BCUT2D eigenvalue weighted by Gasteiger charge is 2.69. The second kappa shape index (κ2) is 8.42. The Morgan fingerprint density at radius 1 is 1.25 bits per heavy atom. The van der Waals surface area contributed by atoms with Crippen molar-refractivity contribution in [2.24, 2.45) is 5.92 Å². The van der Waals surface area contributed by atoms with E-state index in [-0.39, 0.29) is 23.4 Å². The first-order valence-electron chi connectivity index (χ1n) is 11.5. The molecule has 1 aromatic heterocycles. The molecule has 0 bridgehead atoms. The molecule has 1 spiro atoms. The predicted molar refractivity (Wildman–Crippen MR) is 134 cm³/mol. The number of nitro benzene ring substituents is 1. The van der Waals surface area contributed by atoms with E-state index in [1.807, 2.05) is 12.1 Å². The lowest BCUT2D eigenvalue weighted by atomic mass is 9.69. The van der Waals surface area contributed by atoms with E-state index in [1.165, 1.54) is 18.3 Å². The second-order valence-electron chi connectivity index (χ2n) is 9.13. The zero-order valence-electron chi connectivity index (χ0n) is 19.3. The number of nitrogens with zero attached hydrogens (tertiary/aromatic N) is 3. The van der Waals surface area contributed by atoms with Crippen molar-refractivity contribution in [1.82, 2.24) is 9.88 Å². The van der Waals surface area contributed by atoms with Crippen molar-refractivity contribution >= 4 is 34.8 Å². The van der Waals surface area contributed by atoms with Gasteiger partial charge in [0.05, 0.1) is 18.0 Å². The second-order valence-corrected chi connectivity index (χ2v) is 10.1. The molecule has 0 radical (unpaired) electrons. The lowest BCUT2D eigenvalue weighted by molar-refractivity contribution is -0.384. The summed E-state index contributed by atoms with van der Waals surface area (Å²) in [5.41, 5.74) is 1.06. The largest absolute Gasteiger partial charge is 0.497 e. The molecule has 1 N–H and O–H groups in total. The number of aromatic nitrogens is 1. The van der Waals surface area contributed by atoms with Gasteiger partial charge >= 0.3 is 0 Å². The third-order valence-corrected chi connectivity index (χ3v) is 8.56. The molecule has 0 aliphatic carbocycles. The Morgan fingerprint density at radius 3 is 2.86 bits per heavy atom. The topological polar surface area (TPSA) is 115 Å². The number of rotatable bonds is 5. The number of nitrogens with one attached hydrogen (secondary N) is 1. The van der Waals surface area contributed by atoms with Crippen LogP contribution < -0.4 is 10.1 Å². The van der Waals surface area contributed by atoms with Crippen LogP contribution in [0.15, 0.2) is 67.0 Å². The van der Waals surface area contributed by atoms with Gasteiger partial charge in [0.2, 0.25) is 5.91 Å². The van der Waals surface area contributed by atoms with E-state index in [2.05, 4.69) is 15.2 Å². The van der Waals surface area contributed by atoms with Crippen LogP contribution in [0.3, 0.4) is 0 Å². The maximum Gasteiger partial charge on any atom is 0.269 e. The number of thioether (sulfide) groups is 1. The third-order valence-electron chi connectivity index (χ3n) is 7.52. The van der Waals surface area contributed by atoms with Gasteiger partial charge in [-0.1, -0.05) is 12.1 Å². The number of ether oxygens (including phenoxy) is 1.